The van der Waals surface area contributed by atoms with E-state index in [1.807, 2.05) is 6.07 Å². The van der Waals surface area contributed by atoms with E-state index in [2.05, 4.69) is 0 Å². The van der Waals surface area contributed by atoms with Gasteiger partial charge >= 0.3 is 0 Å². The SMILES string of the molecule is CN(C1CCC(N)CC1)S(=O)(=O)c1ccc(CC#N)cc1. The number of benzene rings is 1. The van der Waals surface area contributed by atoms with Crippen molar-refractivity contribution in [1.82, 2.24) is 4.31 Å². The lowest BCUT2D eigenvalue weighted by atomic mass is 9.92. The Morgan fingerprint density at radius 2 is 1.81 bits per heavy atom. The molecule has 1 aliphatic carbocycles. The van der Waals surface area contributed by atoms with Gasteiger partial charge in [-0.05, 0) is 43.4 Å². The van der Waals surface area contributed by atoms with Gasteiger partial charge in [0.05, 0.1) is 17.4 Å². The molecule has 0 unspecified atom stereocenters. The van der Waals surface area contributed by atoms with Gasteiger partial charge in [-0.25, -0.2) is 8.42 Å². The Morgan fingerprint density at radius 1 is 1.24 bits per heavy atom. The van der Waals surface area contributed by atoms with Crippen molar-refractivity contribution in [2.75, 3.05) is 7.05 Å². The van der Waals surface area contributed by atoms with Crippen molar-refractivity contribution >= 4 is 10.0 Å². The van der Waals surface area contributed by atoms with E-state index in [0.717, 1.165) is 31.2 Å². The van der Waals surface area contributed by atoms with Crippen LogP contribution in [0.25, 0.3) is 0 Å². The average molecular weight is 307 g/mol. The standard InChI is InChI=1S/C15H21N3O2S/c1-18(14-6-4-13(17)5-7-14)21(19,20)15-8-2-12(3-9-15)10-11-16/h2-3,8-9,13-14H,4-7,10,17H2,1H3. The minimum atomic E-state index is -3.48. The van der Waals surface area contributed by atoms with Gasteiger partial charge < -0.3 is 5.73 Å². The van der Waals surface area contributed by atoms with Crippen molar-refractivity contribution in [2.24, 2.45) is 5.73 Å². The molecule has 1 aromatic carbocycles. The Kier molecular flexibility index (Phi) is 4.99. The van der Waals surface area contributed by atoms with E-state index < -0.39 is 10.0 Å². The Morgan fingerprint density at radius 3 is 2.33 bits per heavy atom. The molecule has 5 nitrogen and oxygen atoms in total. The van der Waals surface area contributed by atoms with Crippen LogP contribution in [-0.2, 0) is 16.4 Å². The van der Waals surface area contributed by atoms with Crippen molar-refractivity contribution < 1.29 is 8.42 Å². The first-order chi connectivity index (χ1) is 9.95. The Balaban J connectivity index is 2.15. The lowest BCUT2D eigenvalue weighted by Gasteiger charge is -2.32. The van der Waals surface area contributed by atoms with Gasteiger partial charge in [-0.2, -0.15) is 9.57 Å². The molecule has 0 radical (unpaired) electrons. The van der Waals surface area contributed by atoms with Crippen LogP contribution in [0.1, 0.15) is 31.2 Å². The highest BCUT2D eigenvalue weighted by Crippen LogP contribution is 2.26. The zero-order valence-corrected chi connectivity index (χ0v) is 13.0. The van der Waals surface area contributed by atoms with Gasteiger partial charge in [0.15, 0.2) is 0 Å². The topological polar surface area (TPSA) is 87.2 Å². The summed E-state index contributed by atoms with van der Waals surface area (Å²) in [6.07, 6.45) is 3.64. The van der Waals surface area contributed by atoms with Crippen LogP contribution in [0.5, 0.6) is 0 Å². The highest BCUT2D eigenvalue weighted by Gasteiger charge is 2.30. The molecule has 1 fully saturated rings. The number of hydrogen-bond acceptors (Lipinski definition) is 4. The van der Waals surface area contributed by atoms with Crippen LogP contribution in [0, 0.1) is 11.3 Å². The van der Waals surface area contributed by atoms with Gasteiger partial charge in [0.2, 0.25) is 10.0 Å². The maximum Gasteiger partial charge on any atom is 0.243 e. The quantitative estimate of drug-likeness (QED) is 0.916. The summed E-state index contributed by atoms with van der Waals surface area (Å²) < 4.78 is 26.7. The van der Waals surface area contributed by atoms with E-state index in [-0.39, 0.29) is 23.4 Å². The van der Waals surface area contributed by atoms with Crippen molar-refractivity contribution in [2.45, 2.75) is 49.1 Å². The van der Waals surface area contributed by atoms with E-state index >= 15 is 0 Å². The molecule has 21 heavy (non-hydrogen) atoms. The van der Waals surface area contributed by atoms with E-state index in [1.165, 1.54) is 4.31 Å². The molecule has 114 valence electrons. The summed E-state index contributed by atoms with van der Waals surface area (Å²) in [4.78, 5) is 0.279. The third-order valence-corrected chi connectivity index (χ3v) is 6.06. The maximum atomic E-state index is 12.6. The summed E-state index contributed by atoms with van der Waals surface area (Å²) in [5.41, 5.74) is 6.69. The molecule has 0 bridgehead atoms. The van der Waals surface area contributed by atoms with E-state index in [1.54, 1.807) is 31.3 Å². The molecular formula is C15H21N3O2S. The fourth-order valence-electron chi connectivity index (χ4n) is 2.70. The predicted octanol–water partition coefficient (Wildman–Crippen LogP) is 1.64. The fraction of sp³-hybridized carbons (Fsp3) is 0.533. The van der Waals surface area contributed by atoms with Crippen LogP contribution in [-0.4, -0.2) is 31.9 Å². The van der Waals surface area contributed by atoms with Gasteiger partial charge in [-0.15, -0.1) is 0 Å². The normalized spacial score (nSPS) is 23.0. The molecule has 0 aromatic heterocycles. The number of rotatable bonds is 4. The third-order valence-electron chi connectivity index (χ3n) is 4.14. The van der Waals surface area contributed by atoms with E-state index in [0.29, 0.717) is 0 Å². The summed E-state index contributed by atoms with van der Waals surface area (Å²) in [5.74, 6) is 0. The minimum Gasteiger partial charge on any atom is -0.328 e. The molecular weight excluding hydrogens is 286 g/mol. The number of sulfonamides is 1. The van der Waals surface area contributed by atoms with Crippen LogP contribution < -0.4 is 5.73 Å². The van der Waals surface area contributed by atoms with Crippen molar-refractivity contribution in [3.8, 4) is 6.07 Å². The number of hydrogen-bond donors (Lipinski definition) is 1. The molecule has 2 N–H and O–H groups in total. The zero-order valence-electron chi connectivity index (χ0n) is 12.2. The maximum absolute atomic E-state index is 12.6. The monoisotopic (exact) mass is 307 g/mol. The van der Waals surface area contributed by atoms with Gasteiger partial charge in [-0.1, -0.05) is 12.1 Å². The molecule has 0 heterocycles. The molecule has 1 saturated carbocycles. The Labute approximate surface area is 126 Å². The Hall–Kier alpha value is -1.42. The van der Waals surface area contributed by atoms with Gasteiger partial charge in [0.1, 0.15) is 0 Å². The summed E-state index contributed by atoms with van der Waals surface area (Å²) in [6, 6.07) is 8.81. The van der Waals surface area contributed by atoms with Crippen LogP contribution in [0.3, 0.4) is 0 Å². The smallest absolute Gasteiger partial charge is 0.243 e. The molecule has 0 aliphatic heterocycles. The summed E-state index contributed by atoms with van der Waals surface area (Å²) in [5, 5.41) is 8.64. The largest absolute Gasteiger partial charge is 0.328 e. The summed E-state index contributed by atoms with van der Waals surface area (Å²) in [7, 11) is -1.84. The first-order valence-electron chi connectivity index (χ1n) is 7.14. The number of nitriles is 1. The third kappa shape index (κ3) is 3.62. The van der Waals surface area contributed by atoms with E-state index in [9.17, 15) is 8.42 Å². The summed E-state index contributed by atoms with van der Waals surface area (Å²) in [6.45, 7) is 0. The zero-order chi connectivity index (χ0) is 15.5. The van der Waals surface area contributed by atoms with Crippen LogP contribution in [0.4, 0.5) is 0 Å². The van der Waals surface area contributed by atoms with Crippen molar-refractivity contribution in [1.29, 1.82) is 5.26 Å². The molecule has 0 atom stereocenters. The molecule has 0 amide bonds. The Bertz CT molecular complexity index is 611. The fourth-order valence-corrected chi connectivity index (χ4v) is 4.11. The molecule has 1 aliphatic rings. The second-order valence-corrected chi connectivity index (χ2v) is 7.57. The number of nitrogens with two attached hydrogens (primary N) is 1. The van der Waals surface area contributed by atoms with Crippen molar-refractivity contribution in [3.63, 3.8) is 0 Å². The predicted molar refractivity (Wildman–Crippen MR) is 80.9 cm³/mol. The average Bonchev–Trinajstić information content (AvgIpc) is 2.48. The lowest BCUT2D eigenvalue weighted by molar-refractivity contribution is 0.268. The molecule has 0 spiro atoms. The second kappa shape index (κ2) is 6.56. The second-order valence-electron chi connectivity index (χ2n) is 5.57. The molecule has 2 rings (SSSR count). The van der Waals surface area contributed by atoms with Crippen LogP contribution in [0.2, 0.25) is 0 Å². The van der Waals surface area contributed by atoms with Gasteiger partial charge in [0, 0.05) is 19.1 Å². The molecule has 6 heteroatoms. The van der Waals surface area contributed by atoms with Crippen LogP contribution >= 0.6 is 0 Å². The lowest BCUT2D eigenvalue weighted by Crippen LogP contribution is -2.41. The molecule has 0 saturated heterocycles. The van der Waals surface area contributed by atoms with Crippen molar-refractivity contribution in [3.05, 3.63) is 29.8 Å². The van der Waals surface area contributed by atoms with E-state index in [4.69, 9.17) is 11.0 Å². The number of nitrogens with zero attached hydrogens (tertiary/aromatic N) is 2. The molecule has 1 aromatic rings. The van der Waals surface area contributed by atoms with Crippen LogP contribution in [0.15, 0.2) is 29.2 Å². The first kappa shape index (κ1) is 16.0. The first-order valence-corrected chi connectivity index (χ1v) is 8.58. The summed E-state index contributed by atoms with van der Waals surface area (Å²) >= 11 is 0. The van der Waals surface area contributed by atoms with Gasteiger partial charge in [0.25, 0.3) is 0 Å². The van der Waals surface area contributed by atoms with Gasteiger partial charge in [-0.3, -0.25) is 0 Å². The minimum absolute atomic E-state index is 0.0218. The highest BCUT2D eigenvalue weighted by molar-refractivity contribution is 7.89. The highest BCUT2D eigenvalue weighted by atomic mass is 32.2.